The van der Waals surface area contributed by atoms with Crippen LogP contribution in [-0.4, -0.2) is 28.4 Å². The van der Waals surface area contributed by atoms with E-state index >= 15 is 0 Å². The molecule has 0 radical (unpaired) electrons. The summed E-state index contributed by atoms with van der Waals surface area (Å²) >= 11 is 0. The molecule has 0 amide bonds. The van der Waals surface area contributed by atoms with Crippen LogP contribution in [0.1, 0.15) is 53.0 Å². The number of aromatic nitrogens is 1. The van der Waals surface area contributed by atoms with Gasteiger partial charge in [0.1, 0.15) is 23.2 Å². The molecule has 3 heterocycles. The number of nitriles is 1. The Labute approximate surface area is 213 Å². The summed E-state index contributed by atoms with van der Waals surface area (Å²) in [5.41, 5.74) is -0.0531. The van der Waals surface area contributed by atoms with Crippen molar-refractivity contribution in [3.63, 3.8) is 0 Å². The van der Waals surface area contributed by atoms with Gasteiger partial charge in [-0.25, -0.2) is 9.59 Å². The molecule has 2 aliphatic rings. The molecule has 1 aromatic carbocycles. The lowest BCUT2D eigenvalue weighted by Crippen LogP contribution is -2.61. The fourth-order valence-electron chi connectivity index (χ4n) is 5.12. The molecule has 1 saturated carbocycles. The Balaban J connectivity index is 1.54. The first-order valence-electron chi connectivity index (χ1n) is 11.9. The van der Waals surface area contributed by atoms with Crippen LogP contribution in [0.2, 0.25) is 0 Å². The maximum absolute atomic E-state index is 13.7. The van der Waals surface area contributed by atoms with Crippen LogP contribution in [0.3, 0.4) is 0 Å². The number of hydrogen-bond donors (Lipinski definition) is 0. The van der Waals surface area contributed by atoms with Crippen LogP contribution < -0.4 is 10.4 Å². The number of pyridine rings is 1. The predicted octanol–water partition coefficient (Wildman–Crippen LogP) is 4.74. The minimum atomic E-state index is -1.22. The number of nitrogens with zero attached hydrogens (tertiary/aromatic N) is 2. The maximum Gasteiger partial charge on any atom is 0.351 e. The molecule has 5 rings (SSSR count). The molecule has 0 bridgehead atoms. The Morgan fingerprint density at radius 2 is 1.97 bits per heavy atom. The first kappa shape index (κ1) is 24.2. The van der Waals surface area contributed by atoms with Gasteiger partial charge in [-0.15, -0.1) is 0 Å². The summed E-state index contributed by atoms with van der Waals surface area (Å²) in [6.07, 6.45) is 3.14. The van der Waals surface area contributed by atoms with Crippen LogP contribution >= 0.6 is 0 Å². The number of rotatable bonds is 4. The third kappa shape index (κ3) is 4.23. The van der Waals surface area contributed by atoms with Crippen LogP contribution in [0.5, 0.6) is 5.75 Å². The molecular weight excluding hydrogens is 472 g/mol. The average molecular weight is 497 g/mol. The molecule has 4 atom stereocenters. The van der Waals surface area contributed by atoms with E-state index in [9.17, 15) is 14.4 Å². The molecule has 0 N–H and O–H groups in total. The lowest BCUT2D eigenvalue weighted by molar-refractivity contribution is -0.116. The van der Waals surface area contributed by atoms with E-state index in [1.54, 1.807) is 31.5 Å². The molecule has 2 aromatic heterocycles. The third-order valence-corrected chi connectivity index (χ3v) is 7.30. The van der Waals surface area contributed by atoms with Crippen molar-refractivity contribution in [1.29, 1.82) is 5.26 Å². The maximum atomic E-state index is 13.7. The van der Waals surface area contributed by atoms with Gasteiger partial charge in [-0.1, -0.05) is 12.2 Å². The van der Waals surface area contributed by atoms with Crippen LogP contribution in [0.4, 0.5) is 0 Å². The fourth-order valence-corrected chi connectivity index (χ4v) is 5.12. The second-order valence-corrected chi connectivity index (χ2v) is 9.68. The van der Waals surface area contributed by atoms with Crippen LogP contribution in [0.25, 0.3) is 11.3 Å². The molecule has 186 valence electrons. The molecule has 1 fully saturated rings. The van der Waals surface area contributed by atoms with E-state index in [-0.39, 0.29) is 28.6 Å². The van der Waals surface area contributed by atoms with Crippen molar-refractivity contribution in [2.24, 2.45) is 11.8 Å². The van der Waals surface area contributed by atoms with E-state index in [1.165, 1.54) is 30.3 Å². The van der Waals surface area contributed by atoms with E-state index in [0.717, 1.165) is 5.57 Å². The van der Waals surface area contributed by atoms with Gasteiger partial charge in [0.2, 0.25) is 0 Å². The molecule has 0 spiro atoms. The van der Waals surface area contributed by atoms with E-state index in [4.69, 9.17) is 19.2 Å². The average Bonchev–Trinajstić information content (AvgIpc) is 2.89. The zero-order chi connectivity index (χ0) is 26.3. The first-order valence-corrected chi connectivity index (χ1v) is 11.9. The molecule has 8 nitrogen and oxygen atoms in total. The monoisotopic (exact) mass is 496 g/mol. The largest absolute Gasteiger partial charge is 0.482 e. The summed E-state index contributed by atoms with van der Waals surface area (Å²) in [5.74, 6) is -1.56. The number of benzene rings is 1. The van der Waals surface area contributed by atoms with Gasteiger partial charge in [0.05, 0.1) is 23.1 Å². The SMILES string of the molecule is C=C(C)[C@@H]1C[C@H](OC(=O)c2ccc(C#N)cc2)[C@@]2(C)Oc3cc(-c4cccnc4)oc(=O)c3C(=O)[C@@H]2C1. The van der Waals surface area contributed by atoms with Crippen LogP contribution in [-0.2, 0) is 4.74 Å². The van der Waals surface area contributed by atoms with Gasteiger partial charge in [-0.2, -0.15) is 5.26 Å². The molecule has 0 saturated heterocycles. The summed E-state index contributed by atoms with van der Waals surface area (Å²) in [7, 11) is 0. The Morgan fingerprint density at radius 1 is 1.22 bits per heavy atom. The number of esters is 1. The summed E-state index contributed by atoms with van der Waals surface area (Å²) in [6.45, 7) is 7.66. The zero-order valence-electron chi connectivity index (χ0n) is 20.4. The molecule has 8 heteroatoms. The highest BCUT2D eigenvalue weighted by atomic mass is 16.6. The van der Waals surface area contributed by atoms with Gasteiger partial charge < -0.3 is 13.9 Å². The highest BCUT2D eigenvalue weighted by molar-refractivity contribution is 6.02. The van der Waals surface area contributed by atoms with Gasteiger partial charge in [-0.05, 0) is 69.0 Å². The number of allylic oxidation sites excluding steroid dienone is 1. The fraction of sp³-hybridized carbons (Fsp3) is 0.276. The number of carbonyl (C=O) groups excluding carboxylic acids is 2. The quantitative estimate of drug-likeness (QED) is 0.375. The number of Topliss-reactive ketones (excluding diaryl/α,β-unsaturated/α-hetero) is 1. The van der Waals surface area contributed by atoms with Crippen LogP contribution in [0.15, 0.2) is 76.2 Å². The lowest BCUT2D eigenvalue weighted by Gasteiger charge is -2.50. The van der Waals surface area contributed by atoms with Crippen molar-refractivity contribution in [2.75, 3.05) is 0 Å². The number of carbonyl (C=O) groups is 2. The van der Waals surface area contributed by atoms with Gasteiger partial charge >= 0.3 is 11.6 Å². The van der Waals surface area contributed by atoms with E-state index in [2.05, 4.69) is 11.6 Å². The second-order valence-electron chi connectivity index (χ2n) is 9.68. The lowest BCUT2D eigenvalue weighted by atomic mass is 9.64. The minimum Gasteiger partial charge on any atom is -0.482 e. The molecule has 37 heavy (non-hydrogen) atoms. The van der Waals surface area contributed by atoms with Crippen molar-refractivity contribution >= 4 is 11.8 Å². The van der Waals surface area contributed by atoms with E-state index in [0.29, 0.717) is 24.0 Å². The number of fused-ring (bicyclic) bond motifs is 2. The van der Waals surface area contributed by atoms with Crippen molar-refractivity contribution in [1.82, 2.24) is 4.98 Å². The molecule has 0 unspecified atom stereocenters. The highest BCUT2D eigenvalue weighted by Gasteiger charge is 2.58. The molecule has 1 aliphatic heterocycles. The van der Waals surface area contributed by atoms with Gasteiger partial charge in [0.25, 0.3) is 0 Å². The molecule has 1 aliphatic carbocycles. The van der Waals surface area contributed by atoms with E-state index in [1.807, 2.05) is 13.0 Å². The number of hydrogen-bond acceptors (Lipinski definition) is 8. The summed E-state index contributed by atoms with van der Waals surface area (Å²) < 4.78 is 17.8. The minimum absolute atomic E-state index is 0.0899. The normalized spacial score (nSPS) is 24.1. The van der Waals surface area contributed by atoms with Crippen LogP contribution in [0, 0.1) is 23.2 Å². The Morgan fingerprint density at radius 3 is 2.62 bits per heavy atom. The Hall–Kier alpha value is -4.51. The van der Waals surface area contributed by atoms with Crippen molar-refractivity contribution in [2.45, 2.75) is 38.4 Å². The zero-order valence-corrected chi connectivity index (χ0v) is 20.4. The smallest absolute Gasteiger partial charge is 0.351 e. The third-order valence-electron chi connectivity index (χ3n) is 7.30. The first-order chi connectivity index (χ1) is 17.7. The van der Waals surface area contributed by atoms with Gasteiger partial charge in [0.15, 0.2) is 11.4 Å². The summed E-state index contributed by atoms with van der Waals surface area (Å²) in [6, 6.07) is 13.1. The summed E-state index contributed by atoms with van der Waals surface area (Å²) in [5, 5.41) is 9.03. The number of ketones is 1. The van der Waals surface area contributed by atoms with Gasteiger partial charge in [-0.3, -0.25) is 9.78 Å². The van der Waals surface area contributed by atoms with E-state index < -0.39 is 35.0 Å². The van der Waals surface area contributed by atoms with Crippen molar-refractivity contribution < 1.29 is 23.5 Å². The Bertz CT molecular complexity index is 1500. The van der Waals surface area contributed by atoms with Crippen molar-refractivity contribution in [3.8, 4) is 23.1 Å². The second kappa shape index (κ2) is 9.17. The highest BCUT2D eigenvalue weighted by Crippen LogP contribution is 2.49. The predicted molar refractivity (Wildman–Crippen MR) is 133 cm³/mol. The molecule has 3 aromatic rings. The standard InChI is InChI=1S/C29H24N2O6/c1-16(2)20-11-21-26(32)25-23(13-22(35-28(25)34)19-5-4-10-31-15-19)37-29(21,3)24(12-20)36-27(33)18-8-6-17(14-30)7-9-18/h4-10,13,15,20-21,24H,1,11-12H2,2-3H3/t20-,21-,24-,29-/m0/s1. The molecular formula is C29H24N2O6. The summed E-state index contributed by atoms with van der Waals surface area (Å²) in [4.78, 5) is 43.8. The number of ether oxygens (including phenoxy) is 2. The topological polar surface area (TPSA) is 119 Å². The van der Waals surface area contributed by atoms with Crippen molar-refractivity contribution in [3.05, 3.63) is 94.1 Å². The van der Waals surface area contributed by atoms with Gasteiger partial charge in [0, 0.05) is 24.0 Å². The Kier molecular flexibility index (Phi) is 6.00.